The second kappa shape index (κ2) is 8.65. The Morgan fingerprint density at radius 3 is 2.23 bits per heavy atom. The monoisotopic (exact) mass is 356 g/mol. The van der Waals surface area contributed by atoms with E-state index in [1.165, 1.54) is 0 Å². The third-order valence-electron chi connectivity index (χ3n) is 4.73. The molecule has 1 aromatic heterocycles. The number of carbonyl (C=O) groups is 2. The van der Waals surface area contributed by atoms with Crippen molar-refractivity contribution in [3.63, 3.8) is 0 Å². The van der Waals surface area contributed by atoms with Gasteiger partial charge in [0.15, 0.2) is 0 Å². The minimum absolute atomic E-state index is 0.00963. The van der Waals surface area contributed by atoms with Crippen LogP contribution in [0.3, 0.4) is 0 Å². The molecule has 1 aromatic carbocycles. The van der Waals surface area contributed by atoms with E-state index in [0.29, 0.717) is 37.2 Å². The summed E-state index contributed by atoms with van der Waals surface area (Å²) in [6.07, 6.45) is 1.06. The minimum atomic E-state index is -0.0459. The van der Waals surface area contributed by atoms with E-state index >= 15 is 0 Å². The van der Waals surface area contributed by atoms with Crippen molar-refractivity contribution >= 4 is 17.5 Å². The Bertz CT molecular complexity index is 774. The van der Waals surface area contributed by atoms with Gasteiger partial charge in [-0.15, -0.1) is 0 Å². The summed E-state index contributed by atoms with van der Waals surface area (Å²) in [6.45, 7) is 9.26. The van der Waals surface area contributed by atoms with Gasteiger partial charge in [0.2, 0.25) is 5.91 Å². The molecule has 2 amide bonds. The highest BCUT2D eigenvalue weighted by Gasteiger charge is 2.13. The first-order valence-corrected chi connectivity index (χ1v) is 9.05. The molecule has 0 saturated carbocycles. The van der Waals surface area contributed by atoms with E-state index in [2.05, 4.69) is 10.4 Å². The normalized spacial score (nSPS) is 10.7. The number of benzene rings is 1. The first-order chi connectivity index (χ1) is 12.4. The Kier molecular flexibility index (Phi) is 6.55. The summed E-state index contributed by atoms with van der Waals surface area (Å²) in [5.41, 5.74) is 4.52. The predicted octanol–water partition coefficient (Wildman–Crippen LogP) is 3.09. The Balaban J connectivity index is 1.94. The molecule has 0 radical (unpaired) electrons. The lowest BCUT2D eigenvalue weighted by Gasteiger charge is -2.18. The molecule has 0 aliphatic heterocycles. The molecule has 0 aliphatic rings. The summed E-state index contributed by atoms with van der Waals surface area (Å²) < 4.78 is 1.84. The van der Waals surface area contributed by atoms with Crippen LogP contribution in [0.2, 0.25) is 0 Å². The zero-order valence-corrected chi connectivity index (χ0v) is 16.3. The van der Waals surface area contributed by atoms with Gasteiger partial charge in [-0.1, -0.05) is 0 Å². The minimum Gasteiger partial charge on any atom is -0.339 e. The molecule has 26 heavy (non-hydrogen) atoms. The van der Waals surface area contributed by atoms with Gasteiger partial charge in [-0.3, -0.25) is 14.3 Å². The summed E-state index contributed by atoms with van der Waals surface area (Å²) in [5, 5.41) is 7.27. The second-order valence-electron chi connectivity index (χ2n) is 6.38. The zero-order valence-electron chi connectivity index (χ0n) is 16.3. The third kappa shape index (κ3) is 4.50. The number of nitrogens with zero attached hydrogens (tertiary/aromatic N) is 3. The van der Waals surface area contributed by atoms with Crippen LogP contribution in [0.15, 0.2) is 24.3 Å². The molecule has 2 aromatic rings. The number of nitrogens with one attached hydrogen (secondary N) is 1. The second-order valence-corrected chi connectivity index (χ2v) is 6.38. The van der Waals surface area contributed by atoms with Gasteiger partial charge < -0.3 is 10.2 Å². The highest BCUT2D eigenvalue weighted by atomic mass is 16.2. The lowest BCUT2D eigenvalue weighted by atomic mass is 10.1. The van der Waals surface area contributed by atoms with Crippen molar-refractivity contribution in [1.82, 2.24) is 14.7 Å². The number of carbonyl (C=O) groups excluding carboxylic acids is 2. The molecule has 6 heteroatoms. The first-order valence-electron chi connectivity index (χ1n) is 9.05. The molecule has 2 rings (SSSR count). The lowest BCUT2D eigenvalue weighted by molar-refractivity contribution is -0.116. The van der Waals surface area contributed by atoms with Gasteiger partial charge in [0.1, 0.15) is 0 Å². The molecule has 140 valence electrons. The highest BCUT2D eigenvalue weighted by molar-refractivity contribution is 5.95. The van der Waals surface area contributed by atoms with Crippen LogP contribution in [0.4, 0.5) is 5.69 Å². The van der Waals surface area contributed by atoms with Crippen molar-refractivity contribution in [2.24, 2.45) is 7.05 Å². The smallest absolute Gasteiger partial charge is 0.253 e. The first kappa shape index (κ1) is 19.7. The van der Waals surface area contributed by atoms with E-state index in [4.69, 9.17) is 0 Å². The van der Waals surface area contributed by atoms with Crippen LogP contribution in [0, 0.1) is 13.8 Å². The Morgan fingerprint density at radius 2 is 1.73 bits per heavy atom. The summed E-state index contributed by atoms with van der Waals surface area (Å²) >= 11 is 0. The molecule has 0 atom stereocenters. The standard InChI is InChI=1S/C20H28N4O2/c1-6-24(7-2)20(26)16-8-10-17(11-9-16)21-19(25)13-12-18-14(3)22-23(5)15(18)4/h8-11H,6-7,12-13H2,1-5H3,(H,21,25). The summed E-state index contributed by atoms with van der Waals surface area (Å²) in [6, 6.07) is 7.06. The van der Waals surface area contributed by atoms with E-state index in [1.807, 2.05) is 39.4 Å². The van der Waals surface area contributed by atoms with Crippen molar-refractivity contribution < 1.29 is 9.59 Å². The molecule has 0 spiro atoms. The number of hydrogen-bond acceptors (Lipinski definition) is 3. The molecule has 0 fully saturated rings. The van der Waals surface area contributed by atoms with E-state index < -0.39 is 0 Å². The Morgan fingerprint density at radius 1 is 1.12 bits per heavy atom. The van der Waals surface area contributed by atoms with Crippen LogP contribution in [-0.2, 0) is 18.3 Å². The zero-order chi connectivity index (χ0) is 19.3. The van der Waals surface area contributed by atoms with Gasteiger partial charge in [-0.2, -0.15) is 5.10 Å². The lowest BCUT2D eigenvalue weighted by Crippen LogP contribution is -2.30. The van der Waals surface area contributed by atoms with Crippen molar-refractivity contribution in [3.8, 4) is 0 Å². The average Bonchev–Trinajstić information content (AvgIpc) is 2.86. The molecular weight excluding hydrogens is 328 g/mol. The maximum Gasteiger partial charge on any atom is 0.253 e. The highest BCUT2D eigenvalue weighted by Crippen LogP contribution is 2.16. The number of anilines is 1. The molecule has 1 N–H and O–H groups in total. The predicted molar refractivity (Wildman–Crippen MR) is 103 cm³/mol. The molecule has 6 nitrogen and oxygen atoms in total. The average molecular weight is 356 g/mol. The van der Waals surface area contributed by atoms with Crippen LogP contribution < -0.4 is 5.32 Å². The topological polar surface area (TPSA) is 67.2 Å². The number of rotatable bonds is 7. The summed E-state index contributed by atoms with van der Waals surface area (Å²) in [4.78, 5) is 26.3. The van der Waals surface area contributed by atoms with Crippen molar-refractivity contribution in [2.45, 2.75) is 40.5 Å². The fourth-order valence-electron chi connectivity index (χ4n) is 3.03. The maximum absolute atomic E-state index is 12.3. The fraction of sp³-hybridized carbons (Fsp3) is 0.450. The third-order valence-corrected chi connectivity index (χ3v) is 4.73. The maximum atomic E-state index is 12.3. The summed E-state index contributed by atoms with van der Waals surface area (Å²) in [7, 11) is 1.91. The van der Waals surface area contributed by atoms with Crippen LogP contribution in [0.25, 0.3) is 0 Å². The Labute approximate surface area is 155 Å². The van der Waals surface area contributed by atoms with Gasteiger partial charge in [0.25, 0.3) is 5.91 Å². The SMILES string of the molecule is CCN(CC)C(=O)c1ccc(NC(=O)CCc2c(C)nn(C)c2C)cc1. The molecule has 0 aliphatic carbocycles. The van der Waals surface area contributed by atoms with Gasteiger partial charge in [0, 0.05) is 43.5 Å². The van der Waals surface area contributed by atoms with Crippen LogP contribution in [0.5, 0.6) is 0 Å². The molecule has 0 saturated heterocycles. The van der Waals surface area contributed by atoms with E-state index in [1.54, 1.807) is 29.2 Å². The number of aromatic nitrogens is 2. The number of hydrogen-bond donors (Lipinski definition) is 1. The summed E-state index contributed by atoms with van der Waals surface area (Å²) in [5.74, 6) is -0.0362. The van der Waals surface area contributed by atoms with Crippen LogP contribution >= 0.6 is 0 Å². The van der Waals surface area contributed by atoms with Gasteiger partial charge in [-0.25, -0.2) is 0 Å². The number of amides is 2. The molecule has 1 heterocycles. The largest absolute Gasteiger partial charge is 0.339 e. The van der Waals surface area contributed by atoms with Gasteiger partial charge >= 0.3 is 0 Å². The quantitative estimate of drug-likeness (QED) is 0.829. The molecule has 0 unspecified atom stereocenters. The van der Waals surface area contributed by atoms with Crippen molar-refractivity contribution in [1.29, 1.82) is 0 Å². The van der Waals surface area contributed by atoms with Crippen LogP contribution in [-0.4, -0.2) is 39.6 Å². The number of aryl methyl sites for hydroxylation is 2. The Hall–Kier alpha value is -2.63. The van der Waals surface area contributed by atoms with Gasteiger partial charge in [-0.05, 0) is 63.9 Å². The van der Waals surface area contributed by atoms with Crippen LogP contribution in [0.1, 0.15) is 47.6 Å². The van der Waals surface area contributed by atoms with Crippen molar-refractivity contribution in [3.05, 3.63) is 46.8 Å². The van der Waals surface area contributed by atoms with Crippen molar-refractivity contribution in [2.75, 3.05) is 18.4 Å². The van der Waals surface area contributed by atoms with E-state index in [9.17, 15) is 9.59 Å². The van der Waals surface area contributed by atoms with E-state index in [-0.39, 0.29) is 11.8 Å². The van der Waals surface area contributed by atoms with Gasteiger partial charge in [0.05, 0.1) is 5.69 Å². The molecular formula is C20H28N4O2. The van der Waals surface area contributed by atoms with E-state index in [0.717, 1.165) is 17.0 Å². The fourth-order valence-corrected chi connectivity index (χ4v) is 3.03. The molecule has 0 bridgehead atoms.